The molecule has 0 fully saturated rings. The van der Waals surface area contributed by atoms with Crippen molar-refractivity contribution in [3.63, 3.8) is 0 Å². The standard InChI is InChI=1S/C11H10BrNO2/c1-2-7-3-8(5-12)10(11(14)15)4-9(7)6-13/h3-4H,2,5H2,1H3,(H,14,15). The Balaban J connectivity index is 3.42. The van der Waals surface area contributed by atoms with Crippen LogP contribution in [-0.4, -0.2) is 11.1 Å². The van der Waals surface area contributed by atoms with E-state index in [2.05, 4.69) is 15.9 Å². The molecule has 78 valence electrons. The van der Waals surface area contributed by atoms with Crippen molar-refractivity contribution in [1.82, 2.24) is 0 Å². The number of nitriles is 1. The first-order valence-electron chi connectivity index (χ1n) is 4.49. The summed E-state index contributed by atoms with van der Waals surface area (Å²) in [5, 5.41) is 18.3. The molecular weight excluding hydrogens is 258 g/mol. The third kappa shape index (κ3) is 2.37. The minimum atomic E-state index is -0.997. The molecule has 0 saturated heterocycles. The van der Waals surface area contributed by atoms with E-state index in [0.29, 0.717) is 16.5 Å². The minimum Gasteiger partial charge on any atom is -0.478 e. The molecule has 0 bridgehead atoms. The fourth-order valence-corrected chi connectivity index (χ4v) is 1.87. The lowest BCUT2D eigenvalue weighted by atomic mass is 9.98. The zero-order valence-corrected chi connectivity index (χ0v) is 9.84. The van der Waals surface area contributed by atoms with Crippen molar-refractivity contribution in [2.45, 2.75) is 18.7 Å². The number of hydrogen-bond donors (Lipinski definition) is 1. The first-order valence-corrected chi connectivity index (χ1v) is 5.61. The topological polar surface area (TPSA) is 61.1 Å². The minimum absolute atomic E-state index is 0.195. The summed E-state index contributed by atoms with van der Waals surface area (Å²) in [6.07, 6.45) is 0.725. The van der Waals surface area contributed by atoms with E-state index in [9.17, 15) is 4.79 Å². The highest BCUT2D eigenvalue weighted by molar-refractivity contribution is 9.08. The van der Waals surface area contributed by atoms with Crippen molar-refractivity contribution in [3.8, 4) is 6.07 Å². The Hall–Kier alpha value is -1.34. The number of aromatic carboxylic acids is 1. The molecule has 0 radical (unpaired) electrons. The molecule has 3 nitrogen and oxygen atoms in total. The Morgan fingerprint density at radius 2 is 2.20 bits per heavy atom. The summed E-state index contributed by atoms with van der Waals surface area (Å²) >= 11 is 3.24. The first-order chi connectivity index (χ1) is 7.13. The lowest BCUT2D eigenvalue weighted by Gasteiger charge is -2.07. The molecule has 0 aliphatic heterocycles. The summed E-state index contributed by atoms with van der Waals surface area (Å²) in [5.74, 6) is -0.997. The molecule has 0 unspecified atom stereocenters. The molecule has 1 N–H and O–H groups in total. The van der Waals surface area contributed by atoms with Crippen LogP contribution in [0, 0.1) is 11.3 Å². The van der Waals surface area contributed by atoms with E-state index in [0.717, 1.165) is 12.0 Å². The molecule has 15 heavy (non-hydrogen) atoms. The lowest BCUT2D eigenvalue weighted by Crippen LogP contribution is -2.04. The quantitative estimate of drug-likeness (QED) is 0.857. The molecule has 0 aliphatic rings. The molecule has 0 aromatic heterocycles. The van der Waals surface area contributed by atoms with Gasteiger partial charge in [-0.15, -0.1) is 0 Å². The summed E-state index contributed by atoms with van der Waals surface area (Å²) in [6, 6.07) is 5.23. The van der Waals surface area contributed by atoms with Crippen LogP contribution in [0.1, 0.15) is 34.0 Å². The van der Waals surface area contributed by atoms with Crippen molar-refractivity contribution >= 4 is 21.9 Å². The molecule has 0 aliphatic carbocycles. The number of benzene rings is 1. The number of halogens is 1. The van der Waals surface area contributed by atoms with Gasteiger partial charge in [-0.2, -0.15) is 5.26 Å². The second-order valence-corrected chi connectivity index (χ2v) is 3.63. The van der Waals surface area contributed by atoms with Crippen LogP contribution in [0.4, 0.5) is 0 Å². The smallest absolute Gasteiger partial charge is 0.336 e. The normalized spacial score (nSPS) is 9.67. The van der Waals surface area contributed by atoms with Crippen molar-refractivity contribution in [1.29, 1.82) is 5.26 Å². The summed E-state index contributed by atoms with van der Waals surface area (Å²) in [5.41, 5.74) is 2.23. The molecule has 4 heteroatoms. The maximum atomic E-state index is 10.9. The Morgan fingerprint density at radius 1 is 1.53 bits per heavy atom. The second-order valence-electron chi connectivity index (χ2n) is 3.07. The van der Waals surface area contributed by atoms with Crippen LogP contribution < -0.4 is 0 Å². The zero-order chi connectivity index (χ0) is 11.4. The summed E-state index contributed by atoms with van der Waals surface area (Å²) in [6.45, 7) is 1.94. The molecular formula is C11H10BrNO2. The van der Waals surface area contributed by atoms with Gasteiger partial charge in [-0.05, 0) is 23.6 Å². The monoisotopic (exact) mass is 267 g/mol. The zero-order valence-electron chi connectivity index (χ0n) is 8.25. The number of nitrogens with zero attached hydrogens (tertiary/aromatic N) is 1. The number of aryl methyl sites for hydroxylation is 1. The Bertz CT molecular complexity index is 435. The number of rotatable bonds is 3. The van der Waals surface area contributed by atoms with E-state index in [1.54, 1.807) is 6.07 Å². The van der Waals surface area contributed by atoms with Gasteiger partial charge >= 0.3 is 5.97 Å². The van der Waals surface area contributed by atoms with E-state index >= 15 is 0 Å². The third-order valence-electron chi connectivity index (χ3n) is 2.20. The SMILES string of the molecule is CCc1cc(CBr)c(C(=O)O)cc1C#N. The van der Waals surface area contributed by atoms with Crippen molar-refractivity contribution < 1.29 is 9.90 Å². The molecule has 1 aromatic rings. The van der Waals surface area contributed by atoms with Gasteiger partial charge in [0.15, 0.2) is 0 Å². The molecule has 1 aromatic carbocycles. The molecule has 0 saturated carbocycles. The third-order valence-corrected chi connectivity index (χ3v) is 2.81. The van der Waals surface area contributed by atoms with Gasteiger partial charge in [-0.3, -0.25) is 0 Å². The van der Waals surface area contributed by atoms with Gasteiger partial charge in [0.1, 0.15) is 0 Å². The van der Waals surface area contributed by atoms with Crippen LogP contribution in [0.2, 0.25) is 0 Å². The second kappa shape index (κ2) is 4.94. The maximum Gasteiger partial charge on any atom is 0.336 e. The first kappa shape index (κ1) is 11.7. The number of carbonyl (C=O) groups is 1. The van der Waals surface area contributed by atoms with Gasteiger partial charge in [0, 0.05) is 5.33 Å². The number of hydrogen-bond acceptors (Lipinski definition) is 2. The number of carboxylic acids is 1. The number of alkyl halides is 1. The van der Waals surface area contributed by atoms with Crippen LogP contribution >= 0.6 is 15.9 Å². The predicted octanol–water partition coefficient (Wildman–Crippen LogP) is 2.71. The van der Waals surface area contributed by atoms with Crippen molar-refractivity contribution in [2.24, 2.45) is 0 Å². The lowest BCUT2D eigenvalue weighted by molar-refractivity contribution is 0.0696. The predicted molar refractivity (Wildman–Crippen MR) is 60.1 cm³/mol. The fraction of sp³-hybridized carbons (Fsp3) is 0.273. The fourth-order valence-electron chi connectivity index (χ4n) is 1.40. The van der Waals surface area contributed by atoms with Gasteiger partial charge in [0.2, 0.25) is 0 Å². The largest absolute Gasteiger partial charge is 0.478 e. The Morgan fingerprint density at radius 3 is 2.60 bits per heavy atom. The molecule has 0 heterocycles. The van der Waals surface area contributed by atoms with Gasteiger partial charge in [-0.25, -0.2) is 4.79 Å². The maximum absolute atomic E-state index is 10.9. The van der Waals surface area contributed by atoms with Gasteiger partial charge in [0.05, 0.1) is 17.2 Å². The van der Waals surface area contributed by atoms with Gasteiger partial charge < -0.3 is 5.11 Å². The van der Waals surface area contributed by atoms with Crippen LogP contribution in [-0.2, 0) is 11.8 Å². The van der Waals surface area contributed by atoms with Crippen LogP contribution in [0.3, 0.4) is 0 Å². The van der Waals surface area contributed by atoms with Gasteiger partial charge in [0.25, 0.3) is 0 Å². The Labute approximate surface area is 96.5 Å². The summed E-state index contributed by atoms with van der Waals surface area (Å²) in [4.78, 5) is 10.9. The van der Waals surface area contributed by atoms with Crippen molar-refractivity contribution in [3.05, 3.63) is 34.4 Å². The van der Waals surface area contributed by atoms with Crippen LogP contribution in [0.25, 0.3) is 0 Å². The molecule has 0 amide bonds. The van der Waals surface area contributed by atoms with Crippen LogP contribution in [0.5, 0.6) is 0 Å². The highest BCUT2D eigenvalue weighted by atomic mass is 79.9. The molecule has 1 rings (SSSR count). The number of carboxylic acid groups (broad SMARTS) is 1. The van der Waals surface area contributed by atoms with E-state index in [1.165, 1.54) is 6.07 Å². The highest BCUT2D eigenvalue weighted by Gasteiger charge is 2.13. The molecule has 0 spiro atoms. The van der Waals surface area contributed by atoms with Crippen LogP contribution in [0.15, 0.2) is 12.1 Å². The summed E-state index contributed by atoms with van der Waals surface area (Å²) in [7, 11) is 0. The van der Waals surface area contributed by atoms with Gasteiger partial charge in [-0.1, -0.05) is 28.9 Å². The van der Waals surface area contributed by atoms with E-state index in [1.807, 2.05) is 13.0 Å². The summed E-state index contributed by atoms with van der Waals surface area (Å²) < 4.78 is 0. The van der Waals surface area contributed by atoms with E-state index in [4.69, 9.17) is 10.4 Å². The Kier molecular flexibility index (Phi) is 3.87. The molecule has 0 atom stereocenters. The van der Waals surface area contributed by atoms with E-state index < -0.39 is 5.97 Å². The van der Waals surface area contributed by atoms with E-state index in [-0.39, 0.29) is 5.56 Å². The van der Waals surface area contributed by atoms with Crippen molar-refractivity contribution in [2.75, 3.05) is 0 Å². The average molecular weight is 268 g/mol. The highest BCUT2D eigenvalue weighted by Crippen LogP contribution is 2.19. The average Bonchev–Trinajstić information content (AvgIpc) is 2.26.